The highest BCUT2D eigenvalue weighted by Gasteiger charge is 1.96. The summed E-state index contributed by atoms with van der Waals surface area (Å²) in [5, 5.41) is 0.796. The number of halogens is 1. The summed E-state index contributed by atoms with van der Waals surface area (Å²) in [6.07, 6.45) is 2.11. The molecule has 2 rings (SSSR count). The minimum atomic E-state index is 0.796. The van der Waals surface area contributed by atoms with Crippen LogP contribution in [0.25, 0.3) is 0 Å². The Bertz CT molecular complexity index is 394. The van der Waals surface area contributed by atoms with Gasteiger partial charge in [-0.2, -0.15) is 0 Å². The predicted molar refractivity (Wildman–Crippen MR) is 69.8 cm³/mol. The minimum Gasteiger partial charge on any atom is -0.0843 e. The average molecular weight is 230 g/mol. The van der Waals surface area contributed by atoms with E-state index in [0.29, 0.717) is 0 Å². The standard InChI is InChI=1S/C15H14Cl/c1-12-2-4-13(5-3-12)6-7-14-8-10-15(16)11-9-14/h2-5,8-11H,1,6-7H2. The summed E-state index contributed by atoms with van der Waals surface area (Å²) in [5.74, 6) is 0. The fraction of sp³-hybridized carbons (Fsp3) is 0.133. The Kier molecular flexibility index (Phi) is 3.63. The van der Waals surface area contributed by atoms with E-state index in [1.54, 1.807) is 0 Å². The van der Waals surface area contributed by atoms with E-state index in [9.17, 15) is 0 Å². The summed E-state index contributed by atoms with van der Waals surface area (Å²) < 4.78 is 0. The van der Waals surface area contributed by atoms with Crippen molar-refractivity contribution in [1.29, 1.82) is 0 Å². The van der Waals surface area contributed by atoms with E-state index in [0.717, 1.165) is 23.4 Å². The molecule has 0 aliphatic rings. The van der Waals surface area contributed by atoms with E-state index < -0.39 is 0 Å². The summed E-state index contributed by atoms with van der Waals surface area (Å²) in [6.45, 7) is 3.87. The van der Waals surface area contributed by atoms with E-state index in [4.69, 9.17) is 11.6 Å². The Balaban J connectivity index is 1.97. The van der Waals surface area contributed by atoms with Crippen LogP contribution in [0.1, 0.15) is 16.7 Å². The molecule has 0 aromatic heterocycles. The first-order valence-electron chi connectivity index (χ1n) is 5.39. The zero-order valence-electron chi connectivity index (χ0n) is 9.12. The fourth-order valence-corrected chi connectivity index (χ4v) is 1.77. The second-order valence-electron chi connectivity index (χ2n) is 3.94. The van der Waals surface area contributed by atoms with Crippen LogP contribution in [0.4, 0.5) is 0 Å². The summed E-state index contributed by atoms with van der Waals surface area (Å²) in [4.78, 5) is 0. The van der Waals surface area contributed by atoms with E-state index in [-0.39, 0.29) is 0 Å². The van der Waals surface area contributed by atoms with Gasteiger partial charge in [0, 0.05) is 5.02 Å². The highest BCUT2D eigenvalue weighted by molar-refractivity contribution is 6.30. The van der Waals surface area contributed by atoms with E-state index in [2.05, 4.69) is 43.3 Å². The van der Waals surface area contributed by atoms with Gasteiger partial charge in [-0.15, -0.1) is 0 Å². The lowest BCUT2D eigenvalue weighted by molar-refractivity contribution is 0.960. The maximum absolute atomic E-state index is 5.84. The molecule has 0 aliphatic carbocycles. The van der Waals surface area contributed by atoms with Crippen LogP contribution in [0, 0.1) is 6.92 Å². The molecule has 0 N–H and O–H groups in total. The number of rotatable bonds is 3. The molecule has 0 saturated heterocycles. The molecule has 0 atom stereocenters. The molecule has 0 saturated carbocycles. The lowest BCUT2D eigenvalue weighted by Crippen LogP contribution is -1.90. The molecule has 1 heteroatoms. The largest absolute Gasteiger partial charge is 0.0843 e. The van der Waals surface area contributed by atoms with E-state index in [1.165, 1.54) is 11.1 Å². The molecule has 0 spiro atoms. The van der Waals surface area contributed by atoms with Gasteiger partial charge < -0.3 is 0 Å². The van der Waals surface area contributed by atoms with Crippen LogP contribution in [0.5, 0.6) is 0 Å². The maximum atomic E-state index is 5.84. The predicted octanol–water partition coefficient (Wildman–Crippen LogP) is 4.31. The number of benzene rings is 2. The van der Waals surface area contributed by atoms with Crippen molar-refractivity contribution in [1.82, 2.24) is 0 Å². The molecule has 1 radical (unpaired) electrons. The van der Waals surface area contributed by atoms with Crippen molar-refractivity contribution in [3.63, 3.8) is 0 Å². The van der Waals surface area contributed by atoms with Gasteiger partial charge >= 0.3 is 0 Å². The van der Waals surface area contributed by atoms with Crippen molar-refractivity contribution in [2.24, 2.45) is 0 Å². The molecule has 2 aromatic rings. The third-order valence-corrected chi connectivity index (χ3v) is 2.89. The molecule has 2 aromatic carbocycles. The SMILES string of the molecule is [CH2]c1ccc(CCc2ccc(Cl)cc2)cc1. The third-order valence-electron chi connectivity index (χ3n) is 2.64. The second-order valence-corrected chi connectivity index (χ2v) is 4.38. The van der Waals surface area contributed by atoms with Crippen molar-refractivity contribution >= 4 is 11.6 Å². The van der Waals surface area contributed by atoms with Gasteiger partial charge in [0.2, 0.25) is 0 Å². The number of hydrogen-bond acceptors (Lipinski definition) is 0. The molecule has 0 unspecified atom stereocenters. The normalized spacial score (nSPS) is 10.4. The number of hydrogen-bond donors (Lipinski definition) is 0. The summed E-state index contributed by atoms with van der Waals surface area (Å²) in [7, 11) is 0. The first-order chi connectivity index (χ1) is 7.74. The monoisotopic (exact) mass is 229 g/mol. The molecule has 81 valence electrons. The van der Waals surface area contributed by atoms with Crippen molar-refractivity contribution in [3.05, 3.63) is 77.2 Å². The lowest BCUT2D eigenvalue weighted by Gasteiger charge is -2.03. The summed E-state index contributed by atoms with van der Waals surface area (Å²) >= 11 is 5.84. The molecular weight excluding hydrogens is 216 g/mol. The summed E-state index contributed by atoms with van der Waals surface area (Å²) in [6, 6.07) is 16.4. The topological polar surface area (TPSA) is 0 Å². The quantitative estimate of drug-likeness (QED) is 0.736. The molecule has 0 aliphatic heterocycles. The van der Waals surface area contributed by atoms with Crippen LogP contribution >= 0.6 is 11.6 Å². The molecule has 0 fully saturated rings. The van der Waals surface area contributed by atoms with Gasteiger partial charge in [-0.25, -0.2) is 0 Å². The first-order valence-corrected chi connectivity index (χ1v) is 5.77. The zero-order chi connectivity index (χ0) is 11.4. The second kappa shape index (κ2) is 5.18. The highest BCUT2D eigenvalue weighted by atomic mass is 35.5. The highest BCUT2D eigenvalue weighted by Crippen LogP contribution is 2.12. The molecule has 0 bridgehead atoms. The molecule has 0 amide bonds. The minimum absolute atomic E-state index is 0.796. The van der Waals surface area contributed by atoms with Crippen LogP contribution < -0.4 is 0 Å². The van der Waals surface area contributed by atoms with Gasteiger partial charge in [-0.1, -0.05) is 48.0 Å². The van der Waals surface area contributed by atoms with Crippen LogP contribution in [0.3, 0.4) is 0 Å². The molecular formula is C15H14Cl. The van der Waals surface area contributed by atoms with Crippen LogP contribution in [0.15, 0.2) is 48.5 Å². The van der Waals surface area contributed by atoms with Crippen LogP contribution in [-0.4, -0.2) is 0 Å². The zero-order valence-corrected chi connectivity index (χ0v) is 9.87. The Morgan fingerprint density at radius 2 is 1.19 bits per heavy atom. The van der Waals surface area contributed by atoms with Crippen LogP contribution in [-0.2, 0) is 12.8 Å². The van der Waals surface area contributed by atoms with Crippen LogP contribution in [0.2, 0.25) is 5.02 Å². The Morgan fingerprint density at radius 3 is 1.69 bits per heavy atom. The fourth-order valence-electron chi connectivity index (χ4n) is 1.65. The average Bonchev–Trinajstić information content (AvgIpc) is 2.30. The van der Waals surface area contributed by atoms with E-state index in [1.807, 2.05) is 12.1 Å². The van der Waals surface area contributed by atoms with Gasteiger partial charge in [0.25, 0.3) is 0 Å². The summed E-state index contributed by atoms with van der Waals surface area (Å²) in [5.41, 5.74) is 3.74. The Labute approximate surface area is 102 Å². The van der Waals surface area contributed by atoms with Crippen molar-refractivity contribution in [2.45, 2.75) is 12.8 Å². The molecule has 0 nitrogen and oxygen atoms in total. The van der Waals surface area contributed by atoms with Gasteiger partial charge in [0.05, 0.1) is 0 Å². The number of aryl methyl sites for hydroxylation is 2. The molecule has 0 heterocycles. The smallest absolute Gasteiger partial charge is 0.0406 e. The van der Waals surface area contributed by atoms with Crippen molar-refractivity contribution < 1.29 is 0 Å². The Hall–Kier alpha value is -1.27. The van der Waals surface area contributed by atoms with E-state index >= 15 is 0 Å². The van der Waals surface area contributed by atoms with Gasteiger partial charge in [0.15, 0.2) is 0 Å². The van der Waals surface area contributed by atoms with Crippen molar-refractivity contribution in [3.8, 4) is 0 Å². The van der Waals surface area contributed by atoms with Gasteiger partial charge in [-0.05, 0) is 48.6 Å². The molecule has 16 heavy (non-hydrogen) atoms. The maximum Gasteiger partial charge on any atom is 0.0406 e. The third kappa shape index (κ3) is 3.11. The Morgan fingerprint density at radius 1 is 0.750 bits per heavy atom. The first kappa shape index (κ1) is 11.2. The van der Waals surface area contributed by atoms with Gasteiger partial charge in [0.1, 0.15) is 0 Å². The lowest BCUT2D eigenvalue weighted by atomic mass is 10.0. The van der Waals surface area contributed by atoms with Gasteiger partial charge in [-0.3, -0.25) is 0 Å². The van der Waals surface area contributed by atoms with Crippen molar-refractivity contribution in [2.75, 3.05) is 0 Å².